The van der Waals surface area contributed by atoms with E-state index in [9.17, 15) is 5.11 Å². The van der Waals surface area contributed by atoms with Crippen molar-refractivity contribution in [3.63, 3.8) is 0 Å². The van der Waals surface area contributed by atoms with Crippen LogP contribution in [0.3, 0.4) is 0 Å². The van der Waals surface area contributed by atoms with Crippen LogP contribution in [-0.4, -0.2) is 68.3 Å². The lowest BCUT2D eigenvalue weighted by Crippen LogP contribution is -2.44. The standard InChI is InChI=1S/C12H29N3O/c1-14(2)9-5-7-12(13,11-16)8-6-10-15(3)4/h16H,5-11,13H2,1-4H3. The van der Waals surface area contributed by atoms with Gasteiger partial charge in [-0.15, -0.1) is 0 Å². The van der Waals surface area contributed by atoms with Gasteiger partial charge in [0.05, 0.1) is 6.61 Å². The van der Waals surface area contributed by atoms with Crippen LogP contribution in [0.25, 0.3) is 0 Å². The minimum atomic E-state index is -0.383. The molecular weight excluding hydrogens is 202 g/mol. The molecule has 0 saturated carbocycles. The number of nitrogens with two attached hydrogens (primary N) is 1. The van der Waals surface area contributed by atoms with Gasteiger partial charge in [0, 0.05) is 5.54 Å². The van der Waals surface area contributed by atoms with Crippen LogP contribution in [-0.2, 0) is 0 Å². The molecule has 0 aromatic carbocycles. The first-order chi connectivity index (χ1) is 7.39. The van der Waals surface area contributed by atoms with Gasteiger partial charge in [0.2, 0.25) is 0 Å². The van der Waals surface area contributed by atoms with Gasteiger partial charge in [-0.2, -0.15) is 0 Å². The Labute approximate surface area is 100 Å². The predicted molar refractivity (Wildman–Crippen MR) is 69.6 cm³/mol. The van der Waals surface area contributed by atoms with Crippen molar-refractivity contribution in [3.05, 3.63) is 0 Å². The molecule has 16 heavy (non-hydrogen) atoms. The molecule has 98 valence electrons. The first kappa shape index (κ1) is 15.8. The van der Waals surface area contributed by atoms with Gasteiger partial charge < -0.3 is 20.6 Å². The minimum absolute atomic E-state index is 0.0911. The molecule has 0 heterocycles. The van der Waals surface area contributed by atoms with E-state index in [0.717, 1.165) is 38.8 Å². The summed E-state index contributed by atoms with van der Waals surface area (Å²) in [4.78, 5) is 4.30. The van der Waals surface area contributed by atoms with Crippen LogP contribution in [0.4, 0.5) is 0 Å². The smallest absolute Gasteiger partial charge is 0.0611 e. The predicted octanol–water partition coefficient (Wildman–Crippen LogP) is 0.360. The third-order valence-electron chi connectivity index (χ3n) is 2.87. The van der Waals surface area contributed by atoms with Crippen LogP contribution in [0.15, 0.2) is 0 Å². The maximum atomic E-state index is 9.36. The van der Waals surface area contributed by atoms with E-state index in [-0.39, 0.29) is 12.1 Å². The topological polar surface area (TPSA) is 52.7 Å². The third-order valence-corrected chi connectivity index (χ3v) is 2.87. The number of hydrogen-bond acceptors (Lipinski definition) is 4. The molecular formula is C12H29N3O. The molecule has 0 aliphatic heterocycles. The zero-order valence-electron chi connectivity index (χ0n) is 11.4. The lowest BCUT2D eigenvalue weighted by Gasteiger charge is -2.28. The van der Waals surface area contributed by atoms with Crippen LogP contribution >= 0.6 is 0 Å². The summed E-state index contributed by atoms with van der Waals surface area (Å²) >= 11 is 0. The van der Waals surface area contributed by atoms with E-state index in [0.29, 0.717) is 0 Å². The number of hydrogen-bond donors (Lipinski definition) is 2. The Balaban J connectivity index is 3.81. The summed E-state index contributed by atoms with van der Waals surface area (Å²) in [6.45, 7) is 2.16. The monoisotopic (exact) mass is 231 g/mol. The Morgan fingerprint density at radius 2 is 1.31 bits per heavy atom. The van der Waals surface area contributed by atoms with Gasteiger partial charge >= 0.3 is 0 Å². The average Bonchev–Trinajstić information content (AvgIpc) is 2.16. The molecule has 4 heteroatoms. The molecule has 0 rings (SSSR count). The van der Waals surface area contributed by atoms with E-state index in [2.05, 4.69) is 38.0 Å². The molecule has 0 unspecified atom stereocenters. The van der Waals surface area contributed by atoms with Gasteiger partial charge in [-0.3, -0.25) is 0 Å². The molecule has 0 amide bonds. The molecule has 0 aliphatic rings. The molecule has 0 radical (unpaired) electrons. The largest absolute Gasteiger partial charge is 0.394 e. The van der Waals surface area contributed by atoms with E-state index >= 15 is 0 Å². The zero-order valence-corrected chi connectivity index (χ0v) is 11.4. The molecule has 4 nitrogen and oxygen atoms in total. The summed E-state index contributed by atoms with van der Waals surface area (Å²) in [5.41, 5.74) is 5.80. The second-order valence-corrected chi connectivity index (χ2v) is 5.33. The first-order valence-electron chi connectivity index (χ1n) is 6.09. The Bertz CT molecular complexity index is 158. The summed E-state index contributed by atoms with van der Waals surface area (Å²) in [6, 6.07) is 0. The highest BCUT2D eigenvalue weighted by Crippen LogP contribution is 2.16. The number of nitrogens with zero attached hydrogens (tertiary/aromatic N) is 2. The van der Waals surface area contributed by atoms with Crippen LogP contribution in [0.5, 0.6) is 0 Å². The Morgan fingerprint density at radius 1 is 0.938 bits per heavy atom. The van der Waals surface area contributed by atoms with Crippen LogP contribution in [0.1, 0.15) is 25.7 Å². The maximum Gasteiger partial charge on any atom is 0.0611 e. The summed E-state index contributed by atoms with van der Waals surface area (Å²) < 4.78 is 0. The van der Waals surface area contributed by atoms with Gasteiger partial charge in [-0.05, 0) is 67.0 Å². The van der Waals surface area contributed by atoms with Crippen LogP contribution in [0.2, 0.25) is 0 Å². The van der Waals surface area contributed by atoms with Crippen molar-refractivity contribution < 1.29 is 5.11 Å². The summed E-state index contributed by atoms with van der Waals surface area (Å²) in [5, 5.41) is 9.36. The van der Waals surface area contributed by atoms with E-state index in [1.807, 2.05) is 0 Å². The van der Waals surface area contributed by atoms with Gasteiger partial charge in [0.15, 0.2) is 0 Å². The van der Waals surface area contributed by atoms with E-state index in [4.69, 9.17) is 5.73 Å². The molecule has 0 aliphatic carbocycles. The fourth-order valence-electron chi connectivity index (χ4n) is 1.78. The maximum absolute atomic E-state index is 9.36. The first-order valence-corrected chi connectivity index (χ1v) is 6.09. The fourth-order valence-corrected chi connectivity index (χ4v) is 1.78. The van der Waals surface area contributed by atoms with Gasteiger partial charge in [0.1, 0.15) is 0 Å². The summed E-state index contributed by atoms with van der Waals surface area (Å²) in [7, 11) is 8.23. The molecule has 0 fully saturated rings. The Hall–Kier alpha value is -0.160. The van der Waals surface area contributed by atoms with Crippen molar-refractivity contribution in [2.24, 2.45) is 5.73 Å². The van der Waals surface area contributed by atoms with Gasteiger partial charge in [-0.1, -0.05) is 0 Å². The molecule has 3 N–H and O–H groups in total. The molecule has 0 bridgehead atoms. The second kappa shape index (κ2) is 8.01. The highest BCUT2D eigenvalue weighted by atomic mass is 16.3. The highest BCUT2D eigenvalue weighted by molar-refractivity contribution is 4.83. The molecule has 0 spiro atoms. The fraction of sp³-hybridized carbons (Fsp3) is 1.00. The number of rotatable bonds is 9. The van der Waals surface area contributed by atoms with E-state index in [1.165, 1.54) is 0 Å². The van der Waals surface area contributed by atoms with Crippen molar-refractivity contribution in [2.75, 3.05) is 47.9 Å². The van der Waals surface area contributed by atoms with E-state index in [1.54, 1.807) is 0 Å². The number of aliphatic hydroxyl groups is 1. The SMILES string of the molecule is CN(C)CCCC(N)(CO)CCCN(C)C. The van der Waals surface area contributed by atoms with Crippen LogP contribution < -0.4 is 5.73 Å². The highest BCUT2D eigenvalue weighted by Gasteiger charge is 2.22. The summed E-state index contributed by atoms with van der Waals surface area (Å²) in [5.74, 6) is 0. The lowest BCUT2D eigenvalue weighted by atomic mass is 9.90. The van der Waals surface area contributed by atoms with E-state index < -0.39 is 0 Å². The van der Waals surface area contributed by atoms with Gasteiger partial charge in [0.25, 0.3) is 0 Å². The second-order valence-electron chi connectivity index (χ2n) is 5.33. The van der Waals surface area contributed by atoms with Crippen molar-refractivity contribution in [1.82, 2.24) is 9.80 Å². The van der Waals surface area contributed by atoms with Crippen molar-refractivity contribution in [2.45, 2.75) is 31.2 Å². The van der Waals surface area contributed by atoms with Crippen molar-refractivity contribution in [3.8, 4) is 0 Å². The van der Waals surface area contributed by atoms with Crippen molar-refractivity contribution in [1.29, 1.82) is 0 Å². The summed E-state index contributed by atoms with van der Waals surface area (Å²) in [6.07, 6.45) is 3.89. The quantitative estimate of drug-likeness (QED) is 0.601. The average molecular weight is 231 g/mol. The normalized spacial score (nSPS) is 12.8. The Morgan fingerprint density at radius 3 is 1.56 bits per heavy atom. The van der Waals surface area contributed by atoms with Gasteiger partial charge in [-0.25, -0.2) is 0 Å². The third kappa shape index (κ3) is 8.05. The molecule has 0 aromatic rings. The molecule has 0 aromatic heterocycles. The molecule has 0 saturated heterocycles. The van der Waals surface area contributed by atoms with Crippen LogP contribution in [0, 0.1) is 0 Å². The number of aliphatic hydroxyl groups excluding tert-OH is 1. The zero-order chi connectivity index (χ0) is 12.6. The Kier molecular flexibility index (Phi) is 7.93. The molecule has 0 atom stereocenters. The lowest BCUT2D eigenvalue weighted by molar-refractivity contribution is 0.166. The minimum Gasteiger partial charge on any atom is -0.394 e. The van der Waals surface area contributed by atoms with Crippen molar-refractivity contribution >= 4 is 0 Å².